The predicted octanol–water partition coefficient (Wildman–Crippen LogP) is 10.7. The highest BCUT2D eigenvalue weighted by atomic mass is 16.6. The van der Waals surface area contributed by atoms with E-state index < -0.39 is 5.60 Å². The van der Waals surface area contributed by atoms with Crippen LogP contribution in [-0.2, 0) is 4.74 Å². The van der Waals surface area contributed by atoms with Gasteiger partial charge in [0.05, 0.1) is 34.9 Å². The van der Waals surface area contributed by atoms with Crippen LogP contribution in [0.2, 0.25) is 0 Å². The van der Waals surface area contributed by atoms with Crippen LogP contribution in [0.15, 0.2) is 70.2 Å². The number of anilines is 2. The van der Waals surface area contributed by atoms with Gasteiger partial charge < -0.3 is 44.6 Å². The summed E-state index contributed by atoms with van der Waals surface area (Å²) < 4.78 is 16.4. The Labute approximate surface area is 400 Å². The van der Waals surface area contributed by atoms with Crippen LogP contribution in [-0.4, -0.2) is 93.1 Å². The zero-order chi connectivity index (χ0) is 47.9. The Morgan fingerprint density at radius 1 is 0.710 bits per heavy atom. The number of aryl methyl sites for hydroxylation is 6. The average molecular weight is 929 g/mol. The van der Waals surface area contributed by atoms with Crippen molar-refractivity contribution in [1.29, 1.82) is 0 Å². The number of nitrogens with zero attached hydrogens (tertiary/aromatic N) is 7. The van der Waals surface area contributed by atoms with E-state index in [9.17, 15) is 4.79 Å². The highest BCUT2D eigenvalue weighted by Gasteiger charge is 2.50. The van der Waals surface area contributed by atoms with E-state index in [0.717, 1.165) is 126 Å². The normalized spacial score (nSPS) is 21.6. The zero-order valence-electron chi connectivity index (χ0n) is 40.7. The fourth-order valence-electron chi connectivity index (χ4n) is 11.4. The molecule has 5 N–H and O–H groups in total. The second-order valence-corrected chi connectivity index (χ2v) is 20.5. The number of hydrogen-bond donors (Lipinski definition) is 5. The molecule has 10 heterocycles. The summed E-state index contributed by atoms with van der Waals surface area (Å²) in [6, 6.07) is 14.7. The molecule has 4 aliphatic heterocycles. The summed E-state index contributed by atoms with van der Waals surface area (Å²) in [7, 11) is 0. The van der Waals surface area contributed by atoms with E-state index in [2.05, 4.69) is 89.5 Å². The van der Waals surface area contributed by atoms with E-state index in [4.69, 9.17) is 23.8 Å². The van der Waals surface area contributed by atoms with Crippen molar-refractivity contribution in [2.45, 2.75) is 143 Å². The van der Waals surface area contributed by atoms with Crippen LogP contribution < -0.4 is 16.0 Å². The van der Waals surface area contributed by atoms with E-state index >= 15 is 0 Å². The van der Waals surface area contributed by atoms with Crippen LogP contribution >= 0.6 is 0 Å². The average Bonchev–Trinajstić information content (AvgIpc) is 4.20. The maximum atomic E-state index is 12.9. The van der Waals surface area contributed by atoms with Gasteiger partial charge in [-0.05, 0) is 135 Å². The van der Waals surface area contributed by atoms with Crippen LogP contribution in [0, 0.1) is 41.5 Å². The van der Waals surface area contributed by atoms with Gasteiger partial charge in [-0.3, -0.25) is 0 Å². The van der Waals surface area contributed by atoms with Crippen LogP contribution in [0.3, 0.4) is 0 Å². The molecule has 356 valence electrons. The van der Waals surface area contributed by atoms with Gasteiger partial charge in [0.1, 0.15) is 17.1 Å². The lowest BCUT2D eigenvalue weighted by atomic mass is 9.96. The molecule has 4 fully saturated rings. The van der Waals surface area contributed by atoms with Gasteiger partial charge >= 0.3 is 6.09 Å². The third-order valence-electron chi connectivity index (χ3n) is 14.5. The van der Waals surface area contributed by atoms with Crippen molar-refractivity contribution in [3.63, 3.8) is 0 Å². The Balaban J connectivity index is 0.000000154. The predicted molar refractivity (Wildman–Crippen MR) is 267 cm³/mol. The van der Waals surface area contributed by atoms with Gasteiger partial charge in [-0.15, -0.1) is 0 Å². The quantitative estimate of drug-likeness (QED) is 0.0965. The molecule has 0 radical (unpaired) electrons. The van der Waals surface area contributed by atoms with Crippen molar-refractivity contribution in [1.82, 2.24) is 50.4 Å². The van der Waals surface area contributed by atoms with E-state index in [-0.39, 0.29) is 24.2 Å². The molecule has 6 aromatic heterocycles. The number of amides is 1. The number of carbonyl (C=O) groups is 1. The van der Waals surface area contributed by atoms with Crippen molar-refractivity contribution in [3.05, 3.63) is 95.2 Å². The van der Waals surface area contributed by atoms with Gasteiger partial charge in [0.25, 0.3) is 0 Å². The number of aromatic nitrogens is 8. The Bertz CT molecular complexity index is 3210. The maximum Gasteiger partial charge on any atom is 0.410 e. The maximum absolute atomic E-state index is 12.9. The van der Waals surface area contributed by atoms with Crippen molar-refractivity contribution >= 4 is 39.8 Å². The summed E-state index contributed by atoms with van der Waals surface area (Å²) in [6.07, 6.45) is 14.1. The zero-order valence-corrected chi connectivity index (χ0v) is 40.7. The number of hydrogen-bond acceptors (Lipinski definition) is 13. The first-order valence-electron chi connectivity index (χ1n) is 24.2. The highest BCUT2D eigenvalue weighted by molar-refractivity contribution is 5.98. The largest absolute Gasteiger partial charge is 0.444 e. The first-order valence-corrected chi connectivity index (χ1v) is 24.2. The summed E-state index contributed by atoms with van der Waals surface area (Å²) in [6.45, 7) is 17.6. The Morgan fingerprint density at radius 3 is 1.74 bits per heavy atom. The molecule has 1 amide bonds. The van der Waals surface area contributed by atoms with Crippen molar-refractivity contribution in [3.8, 4) is 44.8 Å². The number of nitrogens with one attached hydrogen (secondary N) is 5. The molecule has 8 aromatic rings. The molecule has 2 aromatic carbocycles. The summed E-state index contributed by atoms with van der Waals surface area (Å²) in [5.41, 5.74) is 13.6. The molecule has 69 heavy (non-hydrogen) atoms. The summed E-state index contributed by atoms with van der Waals surface area (Å²) in [5, 5.41) is 21.2. The second-order valence-electron chi connectivity index (χ2n) is 20.5. The van der Waals surface area contributed by atoms with E-state index in [1.54, 1.807) is 0 Å². The highest BCUT2D eigenvalue weighted by Crippen LogP contribution is 2.41. The number of aromatic amines is 2. The molecular weight excluding hydrogens is 869 g/mol. The number of H-pyrrole nitrogens is 2. The standard InChI is InChI=1S/C29H34N6O3.C24H26N6O/c1-15-13-31-27(32-23-12-19-8-10-24(23)35(19)28(36)37-29(4,5)6)33-26(15)21-14-30-22-11-18(7-9-20(21)22)25-16(2)34-38-17(25)3;1-12-10-26-24(28-21-9-16-5-7-19(21)27-16)29-23(12)18-11-25-20-8-15(4-6-17(18)20)22-13(2)30-31-14(22)3/h7,9,11,13-14,19,23-24,30H,8,10,12H2,1-6H3,(H,31,32,33);4,6,8,10-11,16,19,21,25,27H,5,7,9H2,1-3H3,(H,26,28,29)/t19-,23+,24+;16-,19+,21+/m11/s1. The molecule has 0 saturated carbocycles. The minimum Gasteiger partial charge on any atom is -0.444 e. The monoisotopic (exact) mass is 928 g/mol. The fraction of sp³-hybridized carbons (Fsp3) is 0.415. The molecule has 16 heteroatoms. The van der Waals surface area contributed by atoms with Gasteiger partial charge in [0, 0.05) is 93.0 Å². The molecule has 4 saturated heterocycles. The Kier molecular flexibility index (Phi) is 11.1. The SMILES string of the molecule is Cc1cnc(N[C@H]2C[C@H]3CC[C@@H]2N3)nc1-c1c[nH]c2cc(-c3c(C)noc3C)ccc12.Cc1cnc(N[C@H]2C[C@H]3CC[C@@H]2N3C(=O)OC(C)(C)C)nc1-c1c[nH]c2cc(-c3c(C)noc3C)ccc12. The smallest absolute Gasteiger partial charge is 0.410 e. The lowest BCUT2D eigenvalue weighted by Crippen LogP contribution is -2.42. The Morgan fingerprint density at radius 2 is 1.26 bits per heavy atom. The van der Waals surface area contributed by atoms with Crippen LogP contribution in [0.5, 0.6) is 0 Å². The third kappa shape index (κ3) is 8.27. The molecule has 16 nitrogen and oxygen atoms in total. The second kappa shape index (κ2) is 17.2. The molecule has 12 rings (SSSR count). The molecule has 4 bridgehead atoms. The van der Waals surface area contributed by atoms with E-state index in [1.807, 2.05) is 85.1 Å². The molecule has 0 spiro atoms. The van der Waals surface area contributed by atoms with Gasteiger partial charge in [-0.1, -0.05) is 34.6 Å². The lowest BCUT2D eigenvalue weighted by Gasteiger charge is -2.28. The van der Waals surface area contributed by atoms with Crippen LogP contribution in [0.4, 0.5) is 16.7 Å². The number of benzene rings is 2. The number of ether oxygens (including phenoxy) is 1. The lowest BCUT2D eigenvalue weighted by molar-refractivity contribution is 0.0214. The number of carbonyl (C=O) groups excluding carboxylic acids is 1. The number of rotatable bonds is 8. The van der Waals surface area contributed by atoms with Crippen LogP contribution in [0.1, 0.15) is 93.3 Å². The molecule has 0 unspecified atom stereocenters. The molecule has 6 atom stereocenters. The van der Waals surface area contributed by atoms with Crippen molar-refractivity contribution in [2.75, 3.05) is 10.6 Å². The Hall–Kier alpha value is -7.07. The third-order valence-corrected chi connectivity index (χ3v) is 14.5. The van der Waals surface area contributed by atoms with Gasteiger partial charge in [0.2, 0.25) is 11.9 Å². The fourth-order valence-corrected chi connectivity index (χ4v) is 11.4. The van der Waals surface area contributed by atoms with Gasteiger partial charge in [-0.2, -0.15) is 0 Å². The van der Waals surface area contributed by atoms with Crippen molar-refractivity contribution in [2.24, 2.45) is 0 Å². The number of fused-ring (bicyclic) bond motifs is 6. The van der Waals surface area contributed by atoms with E-state index in [0.29, 0.717) is 30.0 Å². The van der Waals surface area contributed by atoms with Gasteiger partial charge in [-0.25, -0.2) is 24.7 Å². The summed E-state index contributed by atoms with van der Waals surface area (Å²) in [5.74, 6) is 2.93. The minimum absolute atomic E-state index is 0.0824. The summed E-state index contributed by atoms with van der Waals surface area (Å²) >= 11 is 0. The molecule has 4 aliphatic rings. The molecule has 0 aliphatic carbocycles. The first-order chi connectivity index (χ1) is 33.2. The van der Waals surface area contributed by atoms with Crippen LogP contribution in [0.25, 0.3) is 66.6 Å². The minimum atomic E-state index is -0.510. The molecular formula is C53H60N12O4. The van der Waals surface area contributed by atoms with Crippen molar-refractivity contribution < 1.29 is 18.6 Å². The first kappa shape index (κ1) is 44.4. The van der Waals surface area contributed by atoms with E-state index in [1.165, 1.54) is 12.8 Å². The summed E-state index contributed by atoms with van der Waals surface area (Å²) in [4.78, 5) is 40.6. The topological polar surface area (TPSA) is 201 Å². The van der Waals surface area contributed by atoms with Gasteiger partial charge in [0.15, 0.2) is 0 Å².